The lowest BCUT2D eigenvalue weighted by atomic mass is 9.98. The number of para-hydroxylation sites is 1. The predicted molar refractivity (Wildman–Crippen MR) is 137 cm³/mol. The first-order valence-electron chi connectivity index (χ1n) is 13.1. The molecule has 0 saturated carbocycles. The van der Waals surface area contributed by atoms with Crippen LogP contribution in [0.2, 0.25) is 0 Å². The molecule has 3 atom stereocenters. The summed E-state index contributed by atoms with van der Waals surface area (Å²) in [5, 5.41) is 5.69. The SMILES string of the molecule is CC[C@H]1CCCCN1C(=O)C[C@H](NC(=O)CCC(C)C)C(=O)N[C@@H](C)c1nc2c(F)cccc2n1C. The molecule has 1 aliphatic rings. The molecule has 3 amide bonds. The van der Waals surface area contributed by atoms with Gasteiger partial charge in [0.2, 0.25) is 17.7 Å². The van der Waals surface area contributed by atoms with E-state index in [-0.39, 0.29) is 36.2 Å². The quantitative estimate of drug-likeness (QED) is 0.515. The van der Waals surface area contributed by atoms with Gasteiger partial charge >= 0.3 is 0 Å². The highest BCUT2D eigenvalue weighted by molar-refractivity contribution is 5.92. The van der Waals surface area contributed by atoms with E-state index in [0.717, 1.165) is 25.7 Å². The number of carbonyl (C=O) groups is 3. The maximum Gasteiger partial charge on any atom is 0.243 e. The third-order valence-electron chi connectivity index (χ3n) is 7.04. The van der Waals surface area contributed by atoms with Crippen molar-refractivity contribution in [2.24, 2.45) is 13.0 Å². The molecule has 1 aliphatic heterocycles. The van der Waals surface area contributed by atoms with Crippen LogP contribution in [-0.2, 0) is 21.4 Å². The zero-order chi connectivity index (χ0) is 26.4. The van der Waals surface area contributed by atoms with E-state index in [0.29, 0.717) is 30.2 Å². The molecule has 1 fully saturated rings. The zero-order valence-corrected chi connectivity index (χ0v) is 22.1. The van der Waals surface area contributed by atoms with Crippen molar-refractivity contribution in [2.75, 3.05) is 6.54 Å². The van der Waals surface area contributed by atoms with Gasteiger partial charge in [0.05, 0.1) is 18.0 Å². The first-order chi connectivity index (χ1) is 17.1. The van der Waals surface area contributed by atoms with E-state index in [4.69, 9.17) is 0 Å². The van der Waals surface area contributed by atoms with Crippen molar-refractivity contribution in [3.05, 3.63) is 29.8 Å². The van der Waals surface area contributed by atoms with Gasteiger partial charge in [-0.3, -0.25) is 14.4 Å². The summed E-state index contributed by atoms with van der Waals surface area (Å²) in [5.41, 5.74) is 0.857. The molecule has 198 valence electrons. The summed E-state index contributed by atoms with van der Waals surface area (Å²) in [4.78, 5) is 45.5. The minimum Gasteiger partial charge on any atom is -0.345 e. The number of amides is 3. The van der Waals surface area contributed by atoms with E-state index in [9.17, 15) is 18.8 Å². The van der Waals surface area contributed by atoms with Gasteiger partial charge in [0.15, 0.2) is 5.82 Å². The van der Waals surface area contributed by atoms with Gasteiger partial charge in [0.1, 0.15) is 17.4 Å². The summed E-state index contributed by atoms with van der Waals surface area (Å²) >= 11 is 0. The van der Waals surface area contributed by atoms with Crippen LogP contribution in [0.3, 0.4) is 0 Å². The van der Waals surface area contributed by atoms with Crippen molar-refractivity contribution in [2.45, 2.75) is 90.8 Å². The van der Waals surface area contributed by atoms with E-state index < -0.39 is 23.8 Å². The number of piperidine rings is 1. The fraction of sp³-hybridized carbons (Fsp3) is 0.630. The number of halogens is 1. The van der Waals surface area contributed by atoms with Crippen LogP contribution in [0.1, 0.15) is 84.5 Å². The normalized spacial score (nSPS) is 17.8. The van der Waals surface area contributed by atoms with Crippen molar-refractivity contribution in [1.82, 2.24) is 25.1 Å². The first kappa shape index (κ1) is 27.6. The van der Waals surface area contributed by atoms with Gasteiger partial charge in [-0.15, -0.1) is 0 Å². The van der Waals surface area contributed by atoms with Gasteiger partial charge in [-0.25, -0.2) is 9.37 Å². The number of aryl methyl sites for hydroxylation is 1. The van der Waals surface area contributed by atoms with Crippen molar-refractivity contribution < 1.29 is 18.8 Å². The third kappa shape index (κ3) is 6.62. The Morgan fingerprint density at radius 3 is 2.58 bits per heavy atom. The number of nitrogens with one attached hydrogen (secondary N) is 2. The smallest absolute Gasteiger partial charge is 0.243 e. The van der Waals surface area contributed by atoms with Crippen LogP contribution in [0, 0.1) is 11.7 Å². The first-order valence-corrected chi connectivity index (χ1v) is 13.1. The van der Waals surface area contributed by atoms with Gasteiger partial charge in [-0.1, -0.05) is 26.8 Å². The van der Waals surface area contributed by atoms with Gasteiger partial charge < -0.3 is 20.1 Å². The Labute approximate surface area is 213 Å². The number of fused-ring (bicyclic) bond motifs is 1. The number of likely N-dealkylation sites (tertiary alicyclic amines) is 1. The van der Waals surface area contributed by atoms with Gasteiger partial charge in [0.25, 0.3) is 0 Å². The highest BCUT2D eigenvalue weighted by Gasteiger charge is 2.31. The molecule has 36 heavy (non-hydrogen) atoms. The highest BCUT2D eigenvalue weighted by Crippen LogP contribution is 2.23. The number of rotatable bonds is 10. The van der Waals surface area contributed by atoms with Crippen LogP contribution in [0.15, 0.2) is 18.2 Å². The molecular weight excluding hydrogens is 461 g/mol. The average Bonchev–Trinajstić information content (AvgIpc) is 3.20. The molecule has 1 aromatic carbocycles. The molecule has 2 aromatic rings. The second-order valence-corrected chi connectivity index (χ2v) is 10.3. The van der Waals surface area contributed by atoms with Gasteiger partial charge in [-0.05, 0) is 57.1 Å². The van der Waals surface area contributed by atoms with Gasteiger partial charge in [-0.2, -0.15) is 0 Å². The summed E-state index contributed by atoms with van der Waals surface area (Å²) < 4.78 is 16.0. The highest BCUT2D eigenvalue weighted by atomic mass is 19.1. The number of aromatic nitrogens is 2. The molecule has 2 heterocycles. The fourth-order valence-corrected chi connectivity index (χ4v) is 4.90. The van der Waals surface area contributed by atoms with Crippen molar-refractivity contribution >= 4 is 28.8 Å². The fourth-order valence-electron chi connectivity index (χ4n) is 4.90. The Bertz CT molecular complexity index is 1080. The lowest BCUT2D eigenvalue weighted by Gasteiger charge is -2.36. The van der Waals surface area contributed by atoms with Crippen LogP contribution < -0.4 is 10.6 Å². The Balaban J connectivity index is 1.76. The molecule has 9 heteroatoms. The Hall–Kier alpha value is -2.97. The molecule has 0 bridgehead atoms. The minimum atomic E-state index is -0.995. The Morgan fingerprint density at radius 2 is 1.92 bits per heavy atom. The number of imidazole rings is 1. The maximum atomic E-state index is 14.2. The number of nitrogens with zero attached hydrogens (tertiary/aromatic N) is 3. The molecular formula is C27H40FN5O3. The molecule has 1 saturated heterocycles. The Morgan fingerprint density at radius 1 is 1.17 bits per heavy atom. The molecule has 0 spiro atoms. The monoisotopic (exact) mass is 501 g/mol. The van der Waals surface area contributed by atoms with Crippen LogP contribution in [0.5, 0.6) is 0 Å². The van der Waals surface area contributed by atoms with Crippen LogP contribution in [0.25, 0.3) is 11.0 Å². The van der Waals surface area contributed by atoms with E-state index in [1.54, 1.807) is 30.7 Å². The second-order valence-electron chi connectivity index (χ2n) is 10.3. The molecule has 3 rings (SSSR count). The molecule has 2 N–H and O–H groups in total. The summed E-state index contributed by atoms with van der Waals surface area (Å²) in [7, 11) is 1.77. The summed E-state index contributed by atoms with van der Waals surface area (Å²) in [6.45, 7) is 8.56. The number of benzene rings is 1. The summed E-state index contributed by atoms with van der Waals surface area (Å²) in [6, 6.07) is 3.35. The number of hydrogen-bond acceptors (Lipinski definition) is 4. The third-order valence-corrected chi connectivity index (χ3v) is 7.04. The maximum absolute atomic E-state index is 14.2. The van der Waals surface area contributed by atoms with Crippen LogP contribution in [-0.4, -0.2) is 50.8 Å². The van der Waals surface area contributed by atoms with Crippen LogP contribution in [0.4, 0.5) is 4.39 Å². The predicted octanol–water partition coefficient (Wildman–Crippen LogP) is 3.99. The topological polar surface area (TPSA) is 96.3 Å². The molecule has 0 aliphatic carbocycles. The number of carbonyl (C=O) groups excluding carboxylic acids is 3. The number of hydrogen-bond donors (Lipinski definition) is 2. The molecule has 0 radical (unpaired) electrons. The molecule has 8 nitrogen and oxygen atoms in total. The molecule has 1 aromatic heterocycles. The Kier molecular flexibility index (Phi) is 9.45. The van der Waals surface area contributed by atoms with Crippen molar-refractivity contribution in [1.29, 1.82) is 0 Å². The van der Waals surface area contributed by atoms with E-state index in [2.05, 4.69) is 22.5 Å². The van der Waals surface area contributed by atoms with E-state index in [1.165, 1.54) is 6.07 Å². The van der Waals surface area contributed by atoms with Crippen molar-refractivity contribution in [3.63, 3.8) is 0 Å². The zero-order valence-electron chi connectivity index (χ0n) is 22.1. The van der Waals surface area contributed by atoms with E-state index in [1.807, 2.05) is 18.7 Å². The largest absolute Gasteiger partial charge is 0.345 e. The van der Waals surface area contributed by atoms with E-state index >= 15 is 0 Å². The lowest BCUT2D eigenvalue weighted by molar-refractivity contribution is -0.139. The summed E-state index contributed by atoms with van der Waals surface area (Å²) in [5.74, 6) is -0.418. The molecule has 0 unspecified atom stereocenters. The van der Waals surface area contributed by atoms with Crippen LogP contribution >= 0.6 is 0 Å². The second kappa shape index (κ2) is 12.3. The average molecular weight is 502 g/mol. The summed E-state index contributed by atoms with van der Waals surface area (Å²) in [6.07, 6.45) is 4.74. The van der Waals surface area contributed by atoms with Gasteiger partial charge in [0, 0.05) is 26.1 Å². The lowest BCUT2D eigenvalue weighted by Crippen LogP contribution is -2.52. The minimum absolute atomic E-state index is 0.0976. The standard InChI is InChI=1S/C27H40FN5O3/c1-6-19-10-7-8-15-33(19)24(35)16-21(30-23(34)14-13-17(2)3)27(36)29-18(4)26-31-25-20(28)11-9-12-22(25)32(26)5/h9,11-12,17-19,21H,6-8,10,13-16H2,1-5H3,(H,29,36)(H,30,34)/t18-,19-,21-/m0/s1. The van der Waals surface area contributed by atoms with Crippen molar-refractivity contribution in [3.8, 4) is 0 Å².